The molecule has 0 saturated carbocycles. The number of rotatable bonds is 5. The van der Waals surface area contributed by atoms with Crippen LogP contribution in [0.4, 0.5) is 13.2 Å². The highest BCUT2D eigenvalue weighted by atomic mass is 19.4. The van der Waals surface area contributed by atoms with E-state index in [0.717, 1.165) is 16.7 Å². The van der Waals surface area contributed by atoms with Crippen LogP contribution >= 0.6 is 0 Å². The number of hydroxylamine groups is 1. The first kappa shape index (κ1) is 15.5. The Morgan fingerprint density at radius 3 is 2.24 bits per heavy atom. The molecule has 2 nitrogen and oxygen atoms in total. The summed E-state index contributed by atoms with van der Waals surface area (Å²) in [5.74, 6) is 0. The van der Waals surface area contributed by atoms with Crippen LogP contribution in [0.2, 0.25) is 0 Å². The van der Waals surface area contributed by atoms with Gasteiger partial charge in [0, 0.05) is 0 Å². The fraction of sp³-hybridized carbons (Fsp3) is 0.250. The number of nitrogens with one attached hydrogen (secondary N) is 1. The topological polar surface area (TPSA) is 21.3 Å². The smallest absolute Gasteiger partial charge is 0.291 e. The van der Waals surface area contributed by atoms with Gasteiger partial charge in [-0.25, -0.2) is 0 Å². The Balaban J connectivity index is 2.22. The van der Waals surface area contributed by atoms with Crippen LogP contribution in [0.1, 0.15) is 22.7 Å². The summed E-state index contributed by atoms with van der Waals surface area (Å²) in [6.45, 7) is 0.582. The molecule has 0 saturated heterocycles. The van der Waals surface area contributed by atoms with Crippen LogP contribution < -0.4 is 5.48 Å². The SMILES string of the molecule is Cc1ccccc1C(NOCC(F)(F)F)c1ccccc1. The molecule has 5 heteroatoms. The van der Waals surface area contributed by atoms with Crippen molar-refractivity contribution >= 4 is 0 Å². The van der Waals surface area contributed by atoms with Crippen LogP contribution in [0.3, 0.4) is 0 Å². The maximum atomic E-state index is 12.2. The van der Waals surface area contributed by atoms with Crippen molar-refractivity contribution in [2.45, 2.75) is 19.1 Å². The molecular formula is C16H16F3NO. The summed E-state index contributed by atoms with van der Waals surface area (Å²) in [5.41, 5.74) is 5.23. The zero-order chi connectivity index (χ0) is 15.3. The first-order valence-electron chi connectivity index (χ1n) is 6.52. The molecule has 21 heavy (non-hydrogen) atoms. The number of hydrogen-bond donors (Lipinski definition) is 1. The van der Waals surface area contributed by atoms with Gasteiger partial charge >= 0.3 is 6.18 Å². The standard InChI is InChI=1S/C16H16F3NO/c1-12-7-5-6-10-14(12)15(13-8-3-2-4-9-13)20-21-11-16(17,18)19/h2-10,15,20H,11H2,1H3. The van der Waals surface area contributed by atoms with Gasteiger partial charge in [0.2, 0.25) is 0 Å². The summed E-state index contributed by atoms with van der Waals surface area (Å²) in [5, 5.41) is 0. The third-order valence-corrected chi connectivity index (χ3v) is 3.07. The number of alkyl halides is 3. The Hall–Kier alpha value is -1.85. The van der Waals surface area contributed by atoms with E-state index >= 15 is 0 Å². The van der Waals surface area contributed by atoms with E-state index in [4.69, 9.17) is 0 Å². The number of hydrogen-bond acceptors (Lipinski definition) is 2. The van der Waals surface area contributed by atoms with E-state index in [1.165, 1.54) is 0 Å². The molecule has 0 heterocycles. The Morgan fingerprint density at radius 1 is 1.00 bits per heavy atom. The van der Waals surface area contributed by atoms with Crippen LogP contribution in [0.5, 0.6) is 0 Å². The van der Waals surface area contributed by atoms with Gasteiger partial charge in [-0.1, -0.05) is 54.6 Å². The van der Waals surface area contributed by atoms with E-state index in [0.29, 0.717) is 0 Å². The molecule has 1 atom stereocenters. The maximum Gasteiger partial charge on any atom is 0.413 e. The van der Waals surface area contributed by atoms with Crippen LogP contribution in [0.25, 0.3) is 0 Å². The number of halogens is 3. The normalized spacial score (nSPS) is 13.1. The lowest BCUT2D eigenvalue weighted by molar-refractivity contribution is -0.192. The monoisotopic (exact) mass is 295 g/mol. The van der Waals surface area contributed by atoms with E-state index < -0.39 is 18.8 Å². The molecule has 1 N–H and O–H groups in total. The van der Waals surface area contributed by atoms with Crippen LogP contribution in [0.15, 0.2) is 54.6 Å². The summed E-state index contributed by atoms with van der Waals surface area (Å²) < 4.78 is 36.7. The summed E-state index contributed by atoms with van der Waals surface area (Å²) >= 11 is 0. The zero-order valence-electron chi connectivity index (χ0n) is 11.5. The quantitative estimate of drug-likeness (QED) is 0.836. The van der Waals surface area contributed by atoms with Crippen molar-refractivity contribution in [3.8, 4) is 0 Å². The van der Waals surface area contributed by atoms with Crippen molar-refractivity contribution in [3.63, 3.8) is 0 Å². The van der Waals surface area contributed by atoms with Gasteiger partial charge in [0.25, 0.3) is 0 Å². The lowest BCUT2D eigenvalue weighted by atomic mass is 9.96. The fourth-order valence-corrected chi connectivity index (χ4v) is 2.07. The molecule has 2 rings (SSSR count). The van der Waals surface area contributed by atoms with Crippen molar-refractivity contribution in [3.05, 3.63) is 71.3 Å². The predicted octanol–water partition coefficient (Wildman–Crippen LogP) is 4.17. The highest BCUT2D eigenvalue weighted by Crippen LogP contribution is 2.25. The minimum Gasteiger partial charge on any atom is -0.291 e. The van der Waals surface area contributed by atoms with Crippen molar-refractivity contribution in [2.24, 2.45) is 0 Å². The molecule has 0 bridgehead atoms. The summed E-state index contributed by atoms with van der Waals surface area (Å²) in [7, 11) is 0. The number of benzene rings is 2. The fourth-order valence-electron chi connectivity index (χ4n) is 2.07. The molecule has 0 aliphatic heterocycles. The molecule has 0 aliphatic carbocycles. The second kappa shape index (κ2) is 6.74. The van der Waals surface area contributed by atoms with E-state index in [9.17, 15) is 13.2 Å². The molecule has 0 radical (unpaired) electrons. The molecule has 2 aromatic rings. The van der Waals surface area contributed by atoms with Crippen molar-refractivity contribution < 1.29 is 18.0 Å². The molecular weight excluding hydrogens is 279 g/mol. The van der Waals surface area contributed by atoms with E-state index in [1.54, 1.807) is 0 Å². The first-order valence-corrected chi connectivity index (χ1v) is 6.52. The lowest BCUT2D eigenvalue weighted by Gasteiger charge is -2.21. The summed E-state index contributed by atoms with van der Waals surface area (Å²) in [6, 6.07) is 16.3. The summed E-state index contributed by atoms with van der Waals surface area (Å²) in [6.07, 6.45) is -4.36. The van der Waals surface area contributed by atoms with Gasteiger partial charge < -0.3 is 0 Å². The van der Waals surface area contributed by atoms with Crippen LogP contribution in [-0.2, 0) is 4.84 Å². The molecule has 0 aromatic heterocycles. The molecule has 112 valence electrons. The maximum absolute atomic E-state index is 12.2. The third kappa shape index (κ3) is 4.58. The van der Waals surface area contributed by atoms with Gasteiger partial charge in [-0.05, 0) is 23.6 Å². The molecule has 1 unspecified atom stereocenters. The van der Waals surface area contributed by atoms with Crippen LogP contribution in [-0.4, -0.2) is 12.8 Å². The van der Waals surface area contributed by atoms with Gasteiger partial charge in [-0.15, -0.1) is 0 Å². The van der Waals surface area contributed by atoms with Crippen LogP contribution in [0, 0.1) is 6.92 Å². The average molecular weight is 295 g/mol. The van der Waals surface area contributed by atoms with Gasteiger partial charge in [0.1, 0.15) is 0 Å². The highest BCUT2D eigenvalue weighted by molar-refractivity contribution is 5.36. The third-order valence-electron chi connectivity index (χ3n) is 3.07. The first-order chi connectivity index (χ1) is 9.97. The highest BCUT2D eigenvalue weighted by Gasteiger charge is 2.28. The second-order valence-electron chi connectivity index (χ2n) is 4.72. The lowest BCUT2D eigenvalue weighted by Crippen LogP contribution is -2.29. The molecule has 0 amide bonds. The minimum atomic E-state index is -4.36. The van der Waals surface area contributed by atoms with E-state index in [1.807, 2.05) is 61.5 Å². The molecule has 0 aliphatic rings. The largest absolute Gasteiger partial charge is 0.413 e. The molecule has 2 aromatic carbocycles. The van der Waals surface area contributed by atoms with Gasteiger partial charge in [0.15, 0.2) is 6.61 Å². The summed E-state index contributed by atoms with van der Waals surface area (Å²) in [4.78, 5) is 4.65. The van der Waals surface area contributed by atoms with Gasteiger partial charge in [-0.3, -0.25) is 4.84 Å². The van der Waals surface area contributed by atoms with Gasteiger partial charge in [0.05, 0.1) is 6.04 Å². The Kier molecular flexibility index (Phi) is 4.98. The second-order valence-corrected chi connectivity index (χ2v) is 4.72. The Morgan fingerprint density at radius 2 is 1.62 bits per heavy atom. The number of aryl methyl sites for hydroxylation is 1. The average Bonchev–Trinajstić information content (AvgIpc) is 2.45. The molecule has 0 fully saturated rings. The van der Waals surface area contributed by atoms with Crippen molar-refractivity contribution in [1.29, 1.82) is 0 Å². The van der Waals surface area contributed by atoms with Crippen molar-refractivity contribution in [1.82, 2.24) is 5.48 Å². The molecule has 0 spiro atoms. The van der Waals surface area contributed by atoms with Gasteiger partial charge in [-0.2, -0.15) is 18.7 Å². The van der Waals surface area contributed by atoms with E-state index in [2.05, 4.69) is 10.3 Å². The zero-order valence-corrected chi connectivity index (χ0v) is 11.5. The Bertz CT molecular complexity index is 569. The Labute approximate surface area is 121 Å². The van der Waals surface area contributed by atoms with Crippen molar-refractivity contribution in [2.75, 3.05) is 6.61 Å². The minimum absolute atomic E-state index is 0.449. The van der Waals surface area contributed by atoms with E-state index in [-0.39, 0.29) is 0 Å². The predicted molar refractivity (Wildman–Crippen MR) is 74.6 cm³/mol.